The largest absolute Gasteiger partial charge is 0.317 e. The van der Waals surface area contributed by atoms with Crippen molar-refractivity contribution in [3.8, 4) is 0 Å². The molecule has 1 aromatic rings. The normalized spacial score (nSPS) is 28.9. The Bertz CT molecular complexity index is 386. The molecule has 0 bridgehead atoms. The van der Waals surface area contributed by atoms with E-state index in [-0.39, 0.29) is 0 Å². The summed E-state index contributed by atoms with van der Waals surface area (Å²) in [5.74, 6) is 1.70. The molecule has 0 atom stereocenters. The minimum Gasteiger partial charge on any atom is -0.317 e. The molecule has 1 aromatic carbocycles. The van der Waals surface area contributed by atoms with E-state index in [0.29, 0.717) is 0 Å². The highest BCUT2D eigenvalue weighted by Crippen LogP contribution is 2.43. The maximum absolute atomic E-state index is 3.37. The maximum Gasteiger partial charge on any atom is 0.00757 e. The summed E-state index contributed by atoms with van der Waals surface area (Å²) >= 11 is 0. The molecule has 0 heterocycles. The van der Waals surface area contributed by atoms with Gasteiger partial charge >= 0.3 is 0 Å². The first kappa shape index (κ1) is 10.3. The third kappa shape index (κ3) is 1.89. The monoisotopic (exact) mass is 215 g/mol. The molecule has 0 radical (unpaired) electrons. The Balaban J connectivity index is 1.79. The molecule has 1 heteroatoms. The zero-order valence-corrected chi connectivity index (χ0v) is 10.3. The van der Waals surface area contributed by atoms with E-state index >= 15 is 0 Å². The van der Waals surface area contributed by atoms with Crippen LogP contribution in [0.25, 0.3) is 0 Å². The molecule has 1 nitrogen and oxygen atoms in total. The van der Waals surface area contributed by atoms with Gasteiger partial charge < -0.3 is 5.32 Å². The van der Waals surface area contributed by atoms with E-state index in [4.69, 9.17) is 0 Å². The van der Waals surface area contributed by atoms with Gasteiger partial charge in [-0.1, -0.05) is 23.8 Å². The van der Waals surface area contributed by atoms with Crippen molar-refractivity contribution >= 4 is 0 Å². The molecule has 0 saturated heterocycles. The lowest BCUT2D eigenvalue weighted by atomic mass is 9.75. The predicted octanol–water partition coefficient (Wildman–Crippen LogP) is 3.34. The van der Waals surface area contributed by atoms with Crippen molar-refractivity contribution < 1.29 is 0 Å². The molecule has 2 saturated carbocycles. The van der Waals surface area contributed by atoms with Crippen LogP contribution in [0.5, 0.6) is 0 Å². The molecule has 3 rings (SSSR count). The summed E-state index contributed by atoms with van der Waals surface area (Å²) in [5.41, 5.74) is 4.64. The van der Waals surface area contributed by atoms with Crippen molar-refractivity contribution in [2.24, 2.45) is 0 Å². The average molecular weight is 215 g/mol. The SMILES string of the molecule is CNC1CC(c2cc(C)cc(C3CC3)c2)C1. The smallest absolute Gasteiger partial charge is 0.00757 e. The first-order valence-corrected chi connectivity index (χ1v) is 6.55. The average Bonchev–Trinajstić information content (AvgIpc) is 2.98. The summed E-state index contributed by atoms with van der Waals surface area (Å²) in [6, 6.07) is 8.01. The summed E-state index contributed by atoms with van der Waals surface area (Å²) in [6.07, 6.45) is 5.47. The molecule has 0 amide bonds. The van der Waals surface area contributed by atoms with Crippen LogP contribution in [0.15, 0.2) is 18.2 Å². The molecule has 2 fully saturated rings. The van der Waals surface area contributed by atoms with Crippen LogP contribution >= 0.6 is 0 Å². The van der Waals surface area contributed by atoms with Crippen LogP contribution in [-0.2, 0) is 0 Å². The number of hydrogen-bond donors (Lipinski definition) is 1. The van der Waals surface area contributed by atoms with Gasteiger partial charge in [0.15, 0.2) is 0 Å². The molecule has 2 aliphatic carbocycles. The first-order chi connectivity index (χ1) is 7.76. The lowest BCUT2D eigenvalue weighted by molar-refractivity contribution is 0.307. The van der Waals surface area contributed by atoms with Crippen LogP contribution in [0.1, 0.15) is 54.2 Å². The van der Waals surface area contributed by atoms with Crippen molar-refractivity contribution in [2.45, 2.75) is 50.5 Å². The number of benzene rings is 1. The fraction of sp³-hybridized carbons (Fsp3) is 0.600. The molecular weight excluding hydrogens is 194 g/mol. The highest BCUT2D eigenvalue weighted by atomic mass is 14.9. The molecule has 0 aromatic heterocycles. The van der Waals surface area contributed by atoms with Crippen LogP contribution in [-0.4, -0.2) is 13.1 Å². The Hall–Kier alpha value is -0.820. The van der Waals surface area contributed by atoms with Crippen LogP contribution in [0.4, 0.5) is 0 Å². The van der Waals surface area contributed by atoms with Crippen LogP contribution in [0.2, 0.25) is 0 Å². The molecule has 0 spiro atoms. The Morgan fingerprint density at radius 3 is 2.19 bits per heavy atom. The van der Waals surface area contributed by atoms with Gasteiger partial charge in [0.2, 0.25) is 0 Å². The van der Waals surface area contributed by atoms with Gasteiger partial charge in [-0.2, -0.15) is 0 Å². The van der Waals surface area contributed by atoms with E-state index in [1.54, 1.807) is 11.1 Å². The molecule has 16 heavy (non-hydrogen) atoms. The second-order valence-corrected chi connectivity index (χ2v) is 5.61. The standard InChI is InChI=1S/C15H21N/c1-10-5-12(11-3-4-11)7-13(6-10)14-8-15(9-14)16-2/h5-7,11,14-16H,3-4,8-9H2,1-2H3. The predicted molar refractivity (Wildman–Crippen MR) is 68.0 cm³/mol. The Labute approximate surface area is 98.3 Å². The van der Waals surface area contributed by atoms with E-state index < -0.39 is 0 Å². The molecular formula is C15H21N. The highest BCUT2D eigenvalue weighted by molar-refractivity contribution is 5.36. The van der Waals surface area contributed by atoms with Gasteiger partial charge in [-0.15, -0.1) is 0 Å². The third-order valence-corrected chi connectivity index (χ3v) is 4.19. The summed E-state index contributed by atoms with van der Waals surface area (Å²) in [4.78, 5) is 0. The molecule has 86 valence electrons. The summed E-state index contributed by atoms with van der Waals surface area (Å²) < 4.78 is 0. The lowest BCUT2D eigenvalue weighted by Crippen LogP contribution is -2.37. The van der Waals surface area contributed by atoms with Crippen molar-refractivity contribution in [1.82, 2.24) is 5.32 Å². The van der Waals surface area contributed by atoms with Crippen molar-refractivity contribution in [3.63, 3.8) is 0 Å². The maximum atomic E-state index is 3.37. The van der Waals surface area contributed by atoms with Crippen molar-refractivity contribution in [1.29, 1.82) is 0 Å². The van der Waals surface area contributed by atoms with E-state index in [2.05, 4.69) is 37.5 Å². The summed E-state index contributed by atoms with van der Waals surface area (Å²) in [6.45, 7) is 2.24. The van der Waals surface area contributed by atoms with Crippen molar-refractivity contribution in [2.75, 3.05) is 7.05 Å². The summed E-state index contributed by atoms with van der Waals surface area (Å²) in [5, 5.41) is 3.37. The number of nitrogens with one attached hydrogen (secondary N) is 1. The van der Waals surface area contributed by atoms with Gasteiger partial charge in [-0.25, -0.2) is 0 Å². The summed E-state index contributed by atoms with van der Waals surface area (Å²) in [7, 11) is 2.08. The number of aryl methyl sites for hydroxylation is 1. The zero-order valence-electron chi connectivity index (χ0n) is 10.3. The number of hydrogen-bond acceptors (Lipinski definition) is 1. The topological polar surface area (TPSA) is 12.0 Å². The highest BCUT2D eigenvalue weighted by Gasteiger charge is 2.30. The second-order valence-electron chi connectivity index (χ2n) is 5.61. The molecule has 2 aliphatic rings. The zero-order chi connectivity index (χ0) is 11.1. The van der Waals surface area contributed by atoms with E-state index in [1.165, 1.54) is 31.2 Å². The van der Waals surface area contributed by atoms with Gasteiger partial charge in [0, 0.05) is 6.04 Å². The van der Waals surface area contributed by atoms with Gasteiger partial charge in [0.1, 0.15) is 0 Å². The lowest BCUT2D eigenvalue weighted by Gasteiger charge is -2.35. The van der Waals surface area contributed by atoms with Gasteiger partial charge in [0.05, 0.1) is 0 Å². The minimum absolute atomic E-state index is 0.759. The molecule has 1 N–H and O–H groups in total. The van der Waals surface area contributed by atoms with E-state index in [1.807, 2.05) is 0 Å². The number of rotatable bonds is 3. The Morgan fingerprint density at radius 2 is 1.62 bits per heavy atom. The Kier molecular flexibility index (Phi) is 2.51. The van der Waals surface area contributed by atoms with Crippen LogP contribution in [0, 0.1) is 6.92 Å². The van der Waals surface area contributed by atoms with Crippen molar-refractivity contribution in [3.05, 3.63) is 34.9 Å². The van der Waals surface area contributed by atoms with E-state index in [9.17, 15) is 0 Å². The van der Waals surface area contributed by atoms with Crippen LogP contribution in [0.3, 0.4) is 0 Å². The fourth-order valence-corrected chi connectivity index (χ4v) is 2.86. The molecule has 0 aliphatic heterocycles. The quantitative estimate of drug-likeness (QED) is 0.815. The third-order valence-electron chi connectivity index (χ3n) is 4.19. The molecule has 0 unspecified atom stereocenters. The first-order valence-electron chi connectivity index (χ1n) is 6.55. The van der Waals surface area contributed by atoms with E-state index in [0.717, 1.165) is 17.9 Å². The fourth-order valence-electron chi connectivity index (χ4n) is 2.86. The Morgan fingerprint density at radius 1 is 1.00 bits per heavy atom. The van der Waals surface area contributed by atoms with Gasteiger partial charge in [-0.05, 0) is 62.6 Å². The van der Waals surface area contributed by atoms with Gasteiger partial charge in [-0.3, -0.25) is 0 Å². The minimum atomic E-state index is 0.759. The van der Waals surface area contributed by atoms with Gasteiger partial charge in [0.25, 0.3) is 0 Å². The second kappa shape index (κ2) is 3.89. The van der Waals surface area contributed by atoms with Crippen LogP contribution < -0.4 is 5.32 Å².